The van der Waals surface area contributed by atoms with Gasteiger partial charge in [0.25, 0.3) is 5.91 Å². The average molecular weight is 256 g/mol. The van der Waals surface area contributed by atoms with E-state index >= 15 is 0 Å². The highest BCUT2D eigenvalue weighted by Crippen LogP contribution is 2.13. The fraction of sp³-hybridized carbons (Fsp3) is 0. The van der Waals surface area contributed by atoms with Gasteiger partial charge in [0.05, 0.1) is 0 Å². The van der Waals surface area contributed by atoms with Gasteiger partial charge in [-0.05, 0) is 23.8 Å². The van der Waals surface area contributed by atoms with Gasteiger partial charge >= 0.3 is 0 Å². The van der Waals surface area contributed by atoms with Crippen molar-refractivity contribution < 1.29 is 4.79 Å². The Morgan fingerprint density at radius 2 is 2.17 bits per heavy atom. The molecular weight excluding hydrogens is 248 g/mol. The lowest BCUT2D eigenvalue weighted by Gasteiger charge is -1.99. The number of anilines is 1. The number of carbonyl (C=O) groups is 1. The first kappa shape index (κ1) is 12.0. The molecule has 18 heavy (non-hydrogen) atoms. The highest BCUT2D eigenvalue weighted by molar-refractivity contribution is 7.13. The quantitative estimate of drug-likeness (QED) is 0.673. The molecule has 0 fully saturated rings. The zero-order valence-corrected chi connectivity index (χ0v) is 10.0. The van der Waals surface area contributed by atoms with Gasteiger partial charge in [-0.15, -0.1) is 11.3 Å². The van der Waals surface area contributed by atoms with Crippen LogP contribution in [0.25, 0.3) is 6.08 Å². The fourth-order valence-electron chi connectivity index (χ4n) is 1.22. The van der Waals surface area contributed by atoms with Crippen LogP contribution in [0.4, 0.5) is 5.13 Å². The minimum absolute atomic E-state index is 0.0244. The lowest BCUT2D eigenvalue weighted by atomic mass is 10.1. The van der Waals surface area contributed by atoms with Gasteiger partial charge in [-0.2, -0.15) is 5.26 Å². The highest BCUT2D eigenvalue weighted by Gasteiger charge is 2.10. The zero-order valence-electron chi connectivity index (χ0n) is 9.20. The van der Waals surface area contributed by atoms with Gasteiger partial charge in [0.1, 0.15) is 11.6 Å². The molecule has 1 N–H and O–H groups in total. The molecule has 0 aromatic carbocycles. The molecular formula is C12H8N4OS. The first-order chi connectivity index (χ1) is 8.79. The van der Waals surface area contributed by atoms with Crippen LogP contribution >= 0.6 is 11.3 Å². The number of carbonyl (C=O) groups excluding carboxylic acids is 1. The SMILES string of the molecule is N#C/C(=C/c1ccncc1)C(=O)Nc1nccs1. The number of hydrogen-bond donors (Lipinski definition) is 1. The number of nitrogens with one attached hydrogen (secondary N) is 1. The normalized spacial score (nSPS) is 10.7. The number of nitriles is 1. The Labute approximate surface area is 107 Å². The molecule has 0 aliphatic rings. The van der Waals surface area contributed by atoms with Crippen molar-refractivity contribution in [3.8, 4) is 6.07 Å². The topological polar surface area (TPSA) is 78.7 Å². The molecule has 0 bridgehead atoms. The molecule has 88 valence electrons. The standard InChI is InChI=1S/C12H8N4OS/c13-8-10(7-9-1-3-14-4-2-9)11(17)16-12-15-5-6-18-12/h1-7H,(H,15,16,17)/b10-7-. The second-order valence-corrected chi connectivity index (χ2v) is 4.14. The third kappa shape index (κ3) is 2.99. The second kappa shape index (κ2) is 5.70. The monoisotopic (exact) mass is 256 g/mol. The number of hydrogen-bond acceptors (Lipinski definition) is 5. The first-order valence-corrected chi connectivity index (χ1v) is 5.90. The minimum atomic E-state index is -0.468. The predicted molar refractivity (Wildman–Crippen MR) is 68.6 cm³/mol. The Bertz CT molecular complexity index is 599. The van der Waals surface area contributed by atoms with E-state index in [0.717, 1.165) is 5.56 Å². The molecule has 2 aromatic rings. The van der Waals surface area contributed by atoms with Crippen LogP contribution in [0.1, 0.15) is 5.56 Å². The van der Waals surface area contributed by atoms with Crippen LogP contribution in [-0.4, -0.2) is 15.9 Å². The Morgan fingerprint density at radius 3 is 2.78 bits per heavy atom. The average Bonchev–Trinajstić information content (AvgIpc) is 2.90. The van der Waals surface area contributed by atoms with Crippen LogP contribution in [-0.2, 0) is 4.79 Å². The molecule has 5 nitrogen and oxygen atoms in total. The molecule has 0 atom stereocenters. The van der Waals surface area contributed by atoms with Crippen molar-refractivity contribution >= 4 is 28.5 Å². The molecule has 0 radical (unpaired) electrons. The van der Waals surface area contributed by atoms with Crippen molar-refractivity contribution in [2.45, 2.75) is 0 Å². The number of nitrogens with zero attached hydrogens (tertiary/aromatic N) is 3. The summed E-state index contributed by atoms with van der Waals surface area (Å²) in [6.07, 6.45) is 6.28. The van der Waals surface area contributed by atoms with Crippen molar-refractivity contribution in [1.82, 2.24) is 9.97 Å². The number of pyridine rings is 1. The Hall–Kier alpha value is -2.52. The first-order valence-electron chi connectivity index (χ1n) is 5.02. The third-order valence-electron chi connectivity index (χ3n) is 2.03. The van der Waals surface area contributed by atoms with E-state index < -0.39 is 5.91 Å². The van der Waals surface area contributed by atoms with E-state index in [9.17, 15) is 4.79 Å². The highest BCUT2D eigenvalue weighted by atomic mass is 32.1. The summed E-state index contributed by atoms with van der Waals surface area (Å²) in [5, 5.41) is 13.7. The van der Waals surface area contributed by atoms with Crippen molar-refractivity contribution in [2.24, 2.45) is 0 Å². The molecule has 0 aliphatic carbocycles. The second-order valence-electron chi connectivity index (χ2n) is 3.24. The number of aromatic nitrogens is 2. The molecule has 0 spiro atoms. The lowest BCUT2D eigenvalue weighted by molar-refractivity contribution is -0.112. The number of thiazole rings is 1. The van der Waals surface area contributed by atoms with E-state index in [4.69, 9.17) is 5.26 Å². The maximum Gasteiger partial charge on any atom is 0.268 e. The fourth-order valence-corrected chi connectivity index (χ4v) is 1.75. The molecule has 2 heterocycles. The summed E-state index contributed by atoms with van der Waals surface area (Å²) in [4.78, 5) is 19.6. The molecule has 0 saturated heterocycles. The van der Waals surface area contributed by atoms with E-state index in [1.165, 1.54) is 17.4 Å². The van der Waals surface area contributed by atoms with Crippen LogP contribution in [0.2, 0.25) is 0 Å². The maximum atomic E-state index is 11.8. The van der Waals surface area contributed by atoms with Crippen molar-refractivity contribution in [3.63, 3.8) is 0 Å². The Morgan fingerprint density at radius 1 is 1.39 bits per heavy atom. The summed E-state index contributed by atoms with van der Waals surface area (Å²) >= 11 is 1.30. The molecule has 0 saturated carbocycles. The van der Waals surface area contributed by atoms with Crippen LogP contribution in [0.3, 0.4) is 0 Å². The largest absolute Gasteiger partial charge is 0.297 e. The van der Waals surface area contributed by atoms with E-state index in [1.807, 2.05) is 6.07 Å². The molecule has 1 amide bonds. The van der Waals surface area contributed by atoms with Crippen LogP contribution in [0.15, 0.2) is 41.7 Å². The van der Waals surface area contributed by atoms with Gasteiger partial charge in [0.15, 0.2) is 5.13 Å². The molecule has 2 aromatic heterocycles. The van der Waals surface area contributed by atoms with Gasteiger partial charge in [-0.25, -0.2) is 4.98 Å². The lowest BCUT2D eigenvalue weighted by Crippen LogP contribution is -2.13. The summed E-state index contributed by atoms with van der Waals surface area (Å²) in [6.45, 7) is 0. The van der Waals surface area contributed by atoms with Crippen molar-refractivity contribution in [1.29, 1.82) is 5.26 Å². The summed E-state index contributed by atoms with van der Waals surface area (Å²) in [5.74, 6) is -0.468. The van der Waals surface area contributed by atoms with E-state index in [0.29, 0.717) is 5.13 Å². The van der Waals surface area contributed by atoms with Crippen molar-refractivity contribution in [3.05, 3.63) is 47.2 Å². The zero-order chi connectivity index (χ0) is 12.8. The van der Waals surface area contributed by atoms with Crippen LogP contribution < -0.4 is 5.32 Å². The van der Waals surface area contributed by atoms with Gasteiger partial charge in [-0.1, -0.05) is 0 Å². The van der Waals surface area contributed by atoms with E-state index in [1.54, 1.807) is 36.1 Å². The molecule has 2 rings (SSSR count). The number of rotatable bonds is 3. The van der Waals surface area contributed by atoms with Gasteiger partial charge < -0.3 is 0 Å². The van der Waals surface area contributed by atoms with Crippen molar-refractivity contribution in [2.75, 3.05) is 5.32 Å². The smallest absolute Gasteiger partial charge is 0.268 e. The molecule has 0 aliphatic heterocycles. The van der Waals surface area contributed by atoms with E-state index in [-0.39, 0.29) is 5.57 Å². The molecule has 0 unspecified atom stereocenters. The van der Waals surface area contributed by atoms with Gasteiger partial charge in [0.2, 0.25) is 0 Å². The minimum Gasteiger partial charge on any atom is -0.297 e. The summed E-state index contributed by atoms with van der Waals surface area (Å²) in [7, 11) is 0. The summed E-state index contributed by atoms with van der Waals surface area (Å²) in [6, 6.07) is 5.30. The Balaban J connectivity index is 2.17. The van der Waals surface area contributed by atoms with Crippen LogP contribution in [0, 0.1) is 11.3 Å². The Kier molecular flexibility index (Phi) is 3.79. The van der Waals surface area contributed by atoms with E-state index in [2.05, 4.69) is 15.3 Å². The third-order valence-corrected chi connectivity index (χ3v) is 2.72. The van der Waals surface area contributed by atoms with Crippen LogP contribution in [0.5, 0.6) is 0 Å². The summed E-state index contributed by atoms with van der Waals surface area (Å²) in [5.41, 5.74) is 0.771. The van der Waals surface area contributed by atoms with Gasteiger partial charge in [0, 0.05) is 24.0 Å². The van der Waals surface area contributed by atoms with Gasteiger partial charge in [-0.3, -0.25) is 15.1 Å². The summed E-state index contributed by atoms with van der Waals surface area (Å²) < 4.78 is 0. The number of amides is 1. The molecule has 6 heteroatoms. The predicted octanol–water partition coefficient (Wildman–Crippen LogP) is 2.08. The maximum absolute atomic E-state index is 11.8.